The minimum absolute atomic E-state index is 0.0735. The number of carbonyl (C=O) groups excluding carboxylic acids is 2. The summed E-state index contributed by atoms with van der Waals surface area (Å²) in [6.07, 6.45) is 0. The van der Waals surface area contributed by atoms with Crippen molar-refractivity contribution in [2.45, 2.75) is 5.03 Å². The van der Waals surface area contributed by atoms with Crippen molar-refractivity contribution in [2.24, 2.45) is 0 Å². The number of methoxy groups -OCH3 is 1. The topological polar surface area (TPSA) is 88.3 Å². The molecule has 0 saturated carbocycles. The first-order chi connectivity index (χ1) is 13.8. The van der Waals surface area contributed by atoms with Crippen molar-refractivity contribution in [3.05, 3.63) is 68.8 Å². The number of rotatable bonds is 5. The third kappa shape index (κ3) is 4.57. The number of pyridine rings is 1. The summed E-state index contributed by atoms with van der Waals surface area (Å²) in [5, 5.41) is 3.07. The lowest BCUT2D eigenvalue weighted by Gasteiger charge is -2.10. The van der Waals surface area contributed by atoms with Gasteiger partial charge in [-0.05, 0) is 30.3 Å². The lowest BCUT2D eigenvalue weighted by molar-refractivity contribution is -0.113. The number of nitrogens with one attached hydrogen (secondary N) is 2. The summed E-state index contributed by atoms with van der Waals surface area (Å²) >= 11 is 6.81. The van der Waals surface area contributed by atoms with Crippen LogP contribution in [0.4, 0.5) is 14.5 Å². The van der Waals surface area contributed by atoms with E-state index in [1.807, 2.05) is 0 Å². The van der Waals surface area contributed by atoms with E-state index in [2.05, 4.69) is 15.0 Å². The summed E-state index contributed by atoms with van der Waals surface area (Å²) in [6, 6.07) is 7.52. The highest BCUT2D eigenvalue weighted by Gasteiger charge is 2.21. The van der Waals surface area contributed by atoms with Gasteiger partial charge in [0, 0.05) is 22.2 Å². The third-order valence-corrected chi connectivity index (χ3v) is 5.11. The Balaban J connectivity index is 1.87. The van der Waals surface area contributed by atoms with Gasteiger partial charge in [0.15, 0.2) is 11.6 Å². The molecule has 3 rings (SSSR count). The van der Waals surface area contributed by atoms with Gasteiger partial charge in [0.1, 0.15) is 5.56 Å². The molecule has 0 spiro atoms. The Morgan fingerprint density at radius 3 is 2.62 bits per heavy atom. The van der Waals surface area contributed by atoms with Crippen LogP contribution in [-0.2, 0) is 9.53 Å². The fourth-order valence-electron chi connectivity index (χ4n) is 2.54. The summed E-state index contributed by atoms with van der Waals surface area (Å²) in [5.41, 5.74) is -0.343. The molecule has 29 heavy (non-hydrogen) atoms. The molecule has 0 aliphatic rings. The number of aromatic amines is 1. The summed E-state index contributed by atoms with van der Waals surface area (Å²) in [4.78, 5) is 39.9. The number of thioether (sulfide) groups is 1. The predicted octanol–water partition coefficient (Wildman–Crippen LogP) is 3.98. The Morgan fingerprint density at radius 2 is 1.93 bits per heavy atom. The number of ether oxygens (including phenoxy) is 1. The Hall–Kier alpha value is -2.91. The summed E-state index contributed by atoms with van der Waals surface area (Å²) in [6.45, 7) is 0. The number of anilines is 1. The van der Waals surface area contributed by atoms with E-state index in [4.69, 9.17) is 11.6 Å². The highest BCUT2D eigenvalue weighted by molar-refractivity contribution is 8.00. The number of halogens is 3. The number of benzene rings is 2. The smallest absolute Gasteiger partial charge is 0.344 e. The van der Waals surface area contributed by atoms with Gasteiger partial charge in [0.05, 0.1) is 23.4 Å². The maximum Gasteiger partial charge on any atom is 0.344 e. The highest BCUT2D eigenvalue weighted by atomic mass is 35.5. The lowest BCUT2D eigenvalue weighted by Crippen LogP contribution is -2.20. The normalized spacial score (nSPS) is 10.8. The number of fused-ring (bicyclic) bond motifs is 1. The summed E-state index contributed by atoms with van der Waals surface area (Å²) in [7, 11) is 1.13. The van der Waals surface area contributed by atoms with Crippen molar-refractivity contribution in [3.63, 3.8) is 0 Å². The third-order valence-electron chi connectivity index (χ3n) is 3.87. The number of hydrogen-bond donors (Lipinski definition) is 2. The molecule has 0 fully saturated rings. The molecule has 1 amide bonds. The molecule has 2 aromatic carbocycles. The standard InChI is InChI=1S/C19H13ClF2N2O4S/c1-28-19(27)16-17(26)11-6-9(20)2-5-14(11)24-18(16)29-8-15(25)23-10-3-4-12(21)13(22)7-10/h2-7H,8H2,1H3,(H,23,25)(H,24,26). The molecular formula is C19H13ClF2N2O4S. The molecule has 0 bridgehead atoms. The number of aromatic nitrogens is 1. The molecule has 150 valence electrons. The Bertz CT molecular complexity index is 1180. The maximum atomic E-state index is 13.3. The van der Waals surface area contributed by atoms with E-state index in [1.54, 1.807) is 12.1 Å². The van der Waals surface area contributed by atoms with E-state index in [-0.39, 0.29) is 27.4 Å². The van der Waals surface area contributed by atoms with Crippen molar-refractivity contribution in [2.75, 3.05) is 18.2 Å². The average molecular weight is 439 g/mol. The zero-order valence-electron chi connectivity index (χ0n) is 14.8. The Labute approximate surface area is 172 Å². The number of hydrogen-bond acceptors (Lipinski definition) is 5. The lowest BCUT2D eigenvalue weighted by atomic mass is 10.1. The maximum absolute atomic E-state index is 13.3. The molecule has 1 aromatic heterocycles. The number of carbonyl (C=O) groups is 2. The quantitative estimate of drug-likeness (QED) is 0.464. The summed E-state index contributed by atoms with van der Waals surface area (Å²) in [5.74, 6) is -3.75. The van der Waals surface area contributed by atoms with Crippen LogP contribution < -0.4 is 10.7 Å². The number of amides is 1. The van der Waals surface area contributed by atoms with Crippen molar-refractivity contribution >= 4 is 51.8 Å². The molecule has 2 N–H and O–H groups in total. The van der Waals surface area contributed by atoms with Crippen molar-refractivity contribution in [3.8, 4) is 0 Å². The second-order valence-corrected chi connectivity index (χ2v) is 7.23. The van der Waals surface area contributed by atoms with Gasteiger partial charge in [-0.1, -0.05) is 23.4 Å². The molecule has 0 unspecified atom stereocenters. The molecule has 10 heteroatoms. The van der Waals surface area contributed by atoms with Gasteiger partial charge in [-0.15, -0.1) is 0 Å². The molecule has 3 aromatic rings. The highest BCUT2D eigenvalue weighted by Crippen LogP contribution is 2.24. The van der Waals surface area contributed by atoms with Crippen molar-refractivity contribution in [1.29, 1.82) is 0 Å². The van der Waals surface area contributed by atoms with Crippen molar-refractivity contribution < 1.29 is 23.1 Å². The monoisotopic (exact) mass is 438 g/mol. The molecule has 0 aliphatic heterocycles. The predicted molar refractivity (Wildman–Crippen MR) is 107 cm³/mol. The van der Waals surface area contributed by atoms with Gasteiger partial charge >= 0.3 is 5.97 Å². The molecule has 0 aliphatic carbocycles. The summed E-state index contributed by atoms with van der Waals surface area (Å²) < 4.78 is 30.9. The van der Waals surface area contributed by atoms with Crippen LogP contribution in [-0.4, -0.2) is 29.7 Å². The molecule has 1 heterocycles. The molecule has 0 saturated heterocycles. The van der Waals surface area contributed by atoms with Gasteiger partial charge in [-0.2, -0.15) is 0 Å². The van der Waals surface area contributed by atoms with Crippen LogP contribution >= 0.6 is 23.4 Å². The van der Waals surface area contributed by atoms with Crippen LogP contribution in [0.1, 0.15) is 10.4 Å². The van der Waals surface area contributed by atoms with Crippen LogP contribution in [0.25, 0.3) is 10.9 Å². The van der Waals surface area contributed by atoms with E-state index < -0.39 is 28.9 Å². The van der Waals surface area contributed by atoms with E-state index in [0.717, 1.165) is 31.0 Å². The fraction of sp³-hybridized carbons (Fsp3) is 0.105. The Morgan fingerprint density at radius 1 is 1.17 bits per heavy atom. The first-order valence-corrected chi connectivity index (χ1v) is 9.48. The number of H-pyrrole nitrogens is 1. The minimum atomic E-state index is -1.10. The van der Waals surface area contributed by atoms with E-state index in [0.29, 0.717) is 10.5 Å². The largest absolute Gasteiger partial charge is 0.465 e. The zero-order valence-corrected chi connectivity index (χ0v) is 16.4. The van der Waals surface area contributed by atoms with E-state index in [1.165, 1.54) is 12.1 Å². The second kappa shape index (κ2) is 8.62. The molecule has 0 radical (unpaired) electrons. The van der Waals surface area contributed by atoms with E-state index >= 15 is 0 Å². The first-order valence-electron chi connectivity index (χ1n) is 8.11. The van der Waals surface area contributed by atoms with Crippen molar-refractivity contribution in [1.82, 2.24) is 4.98 Å². The van der Waals surface area contributed by atoms with Gasteiger partial charge < -0.3 is 15.0 Å². The fourth-order valence-corrected chi connectivity index (χ4v) is 3.56. The van der Waals surface area contributed by atoms with Gasteiger partial charge in [0.25, 0.3) is 0 Å². The molecular weight excluding hydrogens is 426 g/mol. The van der Waals surface area contributed by atoms with E-state index in [9.17, 15) is 23.2 Å². The average Bonchev–Trinajstić information content (AvgIpc) is 2.69. The van der Waals surface area contributed by atoms with Crippen LogP contribution in [0.3, 0.4) is 0 Å². The Kier molecular flexibility index (Phi) is 6.19. The molecule has 0 atom stereocenters. The van der Waals surface area contributed by atoms with Crippen LogP contribution in [0.15, 0.2) is 46.2 Å². The SMILES string of the molecule is COC(=O)c1c(SCC(=O)Nc2ccc(F)c(F)c2)[nH]c2ccc(Cl)cc2c1=O. The molecule has 6 nitrogen and oxygen atoms in total. The van der Waals surface area contributed by atoms with Gasteiger partial charge in [-0.25, -0.2) is 13.6 Å². The second-order valence-electron chi connectivity index (χ2n) is 5.81. The van der Waals surface area contributed by atoms with Crippen LogP contribution in [0.5, 0.6) is 0 Å². The number of esters is 1. The van der Waals surface area contributed by atoms with Gasteiger partial charge in [-0.3, -0.25) is 9.59 Å². The van der Waals surface area contributed by atoms with Gasteiger partial charge in [0.2, 0.25) is 11.3 Å². The van der Waals surface area contributed by atoms with Crippen LogP contribution in [0.2, 0.25) is 5.02 Å². The minimum Gasteiger partial charge on any atom is -0.465 e. The first kappa shape index (κ1) is 20.8. The van der Waals surface area contributed by atoms with Crippen LogP contribution in [0, 0.1) is 11.6 Å². The zero-order chi connectivity index (χ0) is 21.1.